The Morgan fingerprint density at radius 1 is 1.33 bits per heavy atom. The van der Waals surface area contributed by atoms with Crippen LogP contribution < -0.4 is 4.90 Å². The van der Waals surface area contributed by atoms with E-state index in [0.717, 1.165) is 12.2 Å². The molecule has 1 aromatic carbocycles. The third-order valence-electron chi connectivity index (χ3n) is 3.09. The molecule has 1 aromatic rings. The SMILES string of the molecule is CC1(C)CN(c2ccc(F)cc2)CC1O. The molecule has 0 radical (unpaired) electrons. The normalized spacial score (nSPS) is 24.5. The van der Waals surface area contributed by atoms with Crippen LogP contribution in [0.2, 0.25) is 0 Å². The molecule has 1 unspecified atom stereocenters. The summed E-state index contributed by atoms with van der Waals surface area (Å²) in [5.74, 6) is -0.224. The maximum atomic E-state index is 12.7. The van der Waals surface area contributed by atoms with Gasteiger partial charge in [-0.05, 0) is 24.3 Å². The Bertz CT molecular complexity index is 347. The molecule has 0 saturated carbocycles. The topological polar surface area (TPSA) is 23.5 Å². The summed E-state index contributed by atoms with van der Waals surface area (Å²) in [7, 11) is 0. The molecular weight excluding hydrogens is 193 g/mol. The van der Waals surface area contributed by atoms with Crippen LogP contribution in [0.4, 0.5) is 10.1 Å². The van der Waals surface area contributed by atoms with E-state index < -0.39 is 0 Å². The fourth-order valence-corrected chi connectivity index (χ4v) is 1.97. The molecule has 0 aliphatic carbocycles. The second-order valence-electron chi connectivity index (χ2n) is 4.86. The number of aliphatic hydroxyl groups excluding tert-OH is 1. The number of aliphatic hydroxyl groups is 1. The van der Waals surface area contributed by atoms with E-state index in [9.17, 15) is 9.50 Å². The first-order valence-electron chi connectivity index (χ1n) is 5.18. The van der Waals surface area contributed by atoms with Crippen molar-refractivity contribution in [2.24, 2.45) is 5.41 Å². The van der Waals surface area contributed by atoms with Gasteiger partial charge in [-0.25, -0.2) is 4.39 Å². The van der Waals surface area contributed by atoms with Crippen LogP contribution in [-0.4, -0.2) is 24.3 Å². The van der Waals surface area contributed by atoms with Crippen LogP contribution in [0.25, 0.3) is 0 Å². The number of hydrogen-bond donors (Lipinski definition) is 1. The molecule has 0 bridgehead atoms. The predicted molar refractivity (Wildman–Crippen MR) is 58.4 cm³/mol. The van der Waals surface area contributed by atoms with Gasteiger partial charge in [0.1, 0.15) is 5.82 Å². The lowest BCUT2D eigenvalue weighted by atomic mass is 9.90. The van der Waals surface area contributed by atoms with Gasteiger partial charge >= 0.3 is 0 Å². The molecule has 1 aliphatic rings. The van der Waals surface area contributed by atoms with Gasteiger partial charge in [-0.2, -0.15) is 0 Å². The summed E-state index contributed by atoms with van der Waals surface area (Å²) in [6.07, 6.45) is -0.317. The van der Waals surface area contributed by atoms with Gasteiger partial charge in [-0.15, -0.1) is 0 Å². The van der Waals surface area contributed by atoms with Gasteiger partial charge in [0.25, 0.3) is 0 Å². The maximum Gasteiger partial charge on any atom is 0.123 e. The number of anilines is 1. The zero-order chi connectivity index (χ0) is 11.1. The van der Waals surface area contributed by atoms with Gasteiger partial charge in [-0.3, -0.25) is 0 Å². The molecule has 1 heterocycles. The standard InChI is InChI=1S/C12H16FNO/c1-12(2)8-14(7-11(12)15)10-5-3-9(13)4-6-10/h3-6,11,15H,7-8H2,1-2H3. The molecule has 0 aromatic heterocycles. The fraction of sp³-hybridized carbons (Fsp3) is 0.500. The number of hydrogen-bond acceptors (Lipinski definition) is 2. The highest BCUT2D eigenvalue weighted by Crippen LogP contribution is 2.32. The smallest absolute Gasteiger partial charge is 0.123 e. The van der Waals surface area contributed by atoms with Crippen molar-refractivity contribution < 1.29 is 9.50 Å². The summed E-state index contributed by atoms with van der Waals surface area (Å²) < 4.78 is 12.7. The molecule has 1 N–H and O–H groups in total. The Kier molecular flexibility index (Phi) is 2.43. The molecule has 2 rings (SSSR count). The Balaban J connectivity index is 2.17. The zero-order valence-electron chi connectivity index (χ0n) is 9.07. The summed E-state index contributed by atoms with van der Waals surface area (Å²) in [5, 5.41) is 9.83. The van der Waals surface area contributed by atoms with E-state index in [0.29, 0.717) is 6.54 Å². The van der Waals surface area contributed by atoms with Crippen molar-refractivity contribution in [3.8, 4) is 0 Å². The van der Waals surface area contributed by atoms with Crippen LogP contribution in [0.3, 0.4) is 0 Å². The van der Waals surface area contributed by atoms with E-state index in [1.165, 1.54) is 12.1 Å². The van der Waals surface area contributed by atoms with Crippen molar-refractivity contribution in [2.45, 2.75) is 20.0 Å². The Morgan fingerprint density at radius 3 is 2.40 bits per heavy atom. The minimum Gasteiger partial charge on any atom is -0.391 e. The number of nitrogens with zero attached hydrogens (tertiary/aromatic N) is 1. The van der Waals surface area contributed by atoms with E-state index in [1.807, 2.05) is 13.8 Å². The third kappa shape index (κ3) is 1.97. The maximum absolute atomic E-state index is 12.7. The minimum atomic E-state index is -0.317. The van der Waals surface area contributed by atoms with E-state index in [1.54, 1.807) is 12.1 Å². The van der Waals surface area contributed by atoms with Crippen LogP contribution in [0.1, 0.15) is 13.8 Å². The average Bonchev–Trinajstić information content (AvgIpc) is 2.42. The molecule has 0 amide bonds. The number of benzene rings is 1. The van der Waals surface area contributed by atoms with Gasteiger partial charge in [0.2, 0.25) is 0 Å². The second-order valence-corrected chi connectivity index (χ2v) is 4.86. The fourth-order valence-electron chi connectivity index (χ4n) is 1.97. The zero-order valence-corrected chi connectivity index (χ0v) is 9.07. The molecule has 82 valence electrons. The highest BCUT2D eigenvalue weighted by molar-refractivity contribution is 5.48. The van der Waals surface area contributed by atoms with Crippen molar-refractivity contribution in [3.05, 3.63) is 30.1 Å². The molecule has 1 atom stereocenters. The lowest BCUT2D eigenvalue weighted by Gasteiger charge is -2.21. The summed E-state index contributed by atoms with van der Waals surface area (Å²) in [6, 6.07) is 6.41. The summed E-state index contributed by atoms with van der Waals surface area (Å²) in [5.41, 5.74) is 0.884. The predicted octanol–water partition coefficient (Wildman–Crippen LogP) is 2.03. The Morgan fingerprint density at radius 2 is 1.93 bits per heavy atom. The second kappa shape index (κ2) is 3.49. The monoisotopic (exact) mass is 209 g/mol. The number of β-amino-alcohol motifs (C(OH)–C–C–N with tert-alkyl or cyclic N) is 1. The van der Waals surface area contributed by atoms with E-state index >= 15 is 0 Å². The minimum absolute atomic E-state index is 0.0889. The molecule has 0 spiro atoms. The van der Waals surface area contributed by atoms with E-state index in [2.05, 4.69) is 4.90 Å². The lowest BCUT2D eigenvalue weighted by Crippen LogP contribution is -2.26. The summed E-state index contributed by atoms with van der Waals surface area (Å²) >= 11 is 0. The molecule has 1 saturated heterocycles. The molecule has 2 nitrogen and oxygen atoms in total. The molecular formula is C12H16FNO. The molecule has 1 aliphatic heterocycles. The van der Waals surface area contributed by atoms with Crippen LogP contribution in [0.15, 0.2) is 24.3 Å². The largest absolute Gasteiger partial charge is 0.391 e. The van der Waals surface area contributed by atoms with Gasteiger partial charge < -0.3 is 10.0 Å². The summed E-state index contributed by atoms with van der Waals surface area (Å²) in [6.45, 7) is 5.51. The van der Waals surface area contributed by atoms with Crippen LogP contribution in [0.5, 0.6) is 0 Å². The summed E-state index contributed by atoms with van der Waals surface area (Å²) in [4.78, 5) is 2.09. The van der Waals surface area contributed by atoms with Crippen molar-refractivity contribution in [1.29, 1.82) is 0 Å². The van der Waals surface area contributed by atoms with Crippen molar-refractivity contribution >= 4 is 5.69 Å². The molecule has 1 fully saturated rings. The molecule has 3 heteroatoms. The van der Waals surface area contributed by atoms with Gasteiger partial charge in [0.05, 0.1) is 6.10 Å². The van der Waals surface area contributed by atoms with Crippen molar-refractivity contribution in [2.75, 3.05) is 18.0 Å². The third-order valence-corrected chi connectivity index (χ3v) is 3.09. The van der Waals surface area contributed by atoms with Gasteiger partial charge in [0.15, 0.2) is 0 Å². The Labute approximate surface area is 89.3 Å². The number of halogens is 1. The first-order chi connectivity index (χ1) is 6.99. The number of rotatable bonds is 1. The van der Waals surface area contributed by atoms with Gasteiger partial charge in [0, 0.05) is 24.2 Å². The van der Waals surface area contributed by atoms with Crippen molar-refractivity contribution in [3.63, 3.8) is 0 Å². The highest BCUT2D eigenvalue weighted by Gasteiger charge is 2.38. The molecule has 15 heavy (non-hydrogen) atoms. The Hall–Kier alpha value is -1.09. The van der Waals surface area contributed by atoms with Crippen molar-refractivity contribution in [1.82, 2.24) is 0 Å². The quantitative estimate of drug-likeness (QED) is 0.765. The lowest BCUT2D eigenvalue weighted by molar-refractivity contribution is 0.0964. The van der Waals surface area contributed by atoms with Crippen LogP contribution in [0, 0.1) is 11.2 Å². The van der Waals surface area contributed by atoms with E-state index in [-0.39, 0.29) is 17.3 Å². The average molecular weight is 209 g/mol. The van der Waals surface area contributed by atoms with E-state index in [4.69, 9.17) is 0 Å². The highest BCUT2D eigenvalue weighted by atomic mass is 19.1. The van der Waals surface area contributed by atoms with Gasteiger partial charge in [-0.1, -0.05) is 13.8 Å². The van der Waals surface area contributed by atoms with Crippen LogP contribution >= 0.6 is 0 Å². The van der Waals surface area contributed by atoms with Crippen LogP contribution in [-0.2, 0) is 0 Å². The first kappa shape index (κ1) is 10.4. The first-order valence-corrected chi connectivity index (χ1v) is 5.18.